The second kappa shape index (κ2) is 8.09. The van der Waals surface area contributed by atoms with Gasteiger partial charge in [0.25, 0.3) is 0 Å². The monoisotopic (exact) mass is 366 g/mol. The van der Waals surface area contributed by atoms with Gasteiger partial charge in [-0.05, 0) is 29.8 Å². The Morgan fingerprint density at radius 3 is 2.48 bits per heavy atom. The van der Waals surface area contributed by atoms with Gasteiger partial charge in [-0.15, -0.1) is 0 Å². The molecule has 0 aliphatic rings. The van der Waals surface area contributed by atoms with Crippen molar-refractivity contribution in [1.29, 1.82) is 0 Å². The summed E-state index contributed by atoms with van der Waals surface area (Å²) in [4.78, 5) is 12.3. The molecular formula is C17H19FN2O4S. The minimum absolute atomic E-state index is 0.143. The van der Waals surface area contributed by atoms with Gasteiger partial charge in [-0.25, -0.2) is 17.5 Å². The number of rotatable bonds is 7. The van der Waals surface area contributed by atoms with Crippen LogP contribution in [0.15, 0.2) is 48.5 Å². The van der Waals surface area contributed by atoms with E-state index >= 15 is 0 Å². The lowest BCUT2D eigenvalue weighted by atomic mass is 10.0. The lowest BCUT2D eigenvalue weighted by Gasteiger charge is -2.18. The van der Waals surface area contributed by atoms with Crippen LogP contribution in [-0.2, 0) is 14.8 Å². The zero-order valence-electron chi connectivity index (χ0n) is 13.8. The molecule has 0 bridgehead atoms. The number of benzene rings is 2. The fourth-order valence-electron chi connectivity index (χ4n) is 2.28. The summed E-state index contributed by atoms with van der Waals surface area (Å²) in [5.74, 6) is -0.247. The van der Waals surface area contributed by atoms with Crippen molar-refractivity contribution in [3.05, 3.63) is 59.9 Å². The molecule has 0 spiro atoms. The first kappa shape index (κ1) is 18.9. The maximum absolute atomic E-state index is 13.1. The van der Waals surface area contributed by atoms with Gasteiger partial charge in [0.2, 0.25) is 15.9 Å². The summed E-state index contributed by atoms with van der Waals surface area (Å²) in [5.41, 5.74) is 1.02. The van der Waals surface area contributed by atoms with Gasteiger partial charge in [-0.1, -0.05) is 18.2 Å². The number of methoxy groups -OCH3 is 1. The van der Waals surface area contributed by atoms with Crippen molar-refractivity contribution in [3.8, 4) is 5.75 Å². The van der Waals surface area contributed by atoms with Crippen molar-refractivity contribution in [3.63, 3.8) is 0 Å². The van der Waals surface area contributed by atoms with Crippen LogP contribution in [-0.4, -0.2) is 27.7 Å². The van der Waals surface area contributed by atoms with Crippen LogP contribution < -0.4 is 14.8 Å². The fraction of sp³-hybridized carbons (Fsp3) is 0.235. The van der Waals surface area contributed by atoms with E-state index in [2.05, 4.69) is 10.0 Å². The molecule has 1 amide bonds. The number of carbonyl (C=O) groups excluding carboxylic acids is 1. The molecule has 0 fully saturated rings. The van der Waals surface area contributed by atoms with Crippen LogP contribution in [0.1, 0.15) is 18.0 Å². The minimum Gasteiger partial charge on any atom is -0.497 e. The SMILES string of the molecule is COc1cccc(NC(=O)C[C@H](NS(C)(=O)=O)c2ccc(F)cc2)c1. The molecule has 0 saturated carbocycles. The smallest absolute Gasteiger partial charge is 0.226 e. The van der Waals surface area contributed by atoms with E-state index in [0.29, 0.717) is 17.0 Å². The minimum atomic E-state index is -3.55. The highest BCUT2D eigenvalue weighted by molar-refractivity contribution is 7.88. The normalized spacial score (nSPS) is 12.4. The Labute approximate surface area is 146 Å². The maximum Gasteiger partial charge on any atom is 0.226 e. The lowest BCUT2D eigenvalue weighted by molar-refractivity contribution is -0.116. The average molecular weight is 366 g/mol. The zero-order valence-corrected chi connectivity index (χ0v) is 14.6. The number of amides is 1. The third kappa shape index (κ3) is 6.17. The molecule has 0 aliphatic heterocycles. The summed E-state index contributed by atoms with van der Waals surface area (Å²) >= 11 is 0. The standard InChI is InChI=1S/C17H19FN2O4S/c1-24-15-5-3-4-14(10-15)19-17(21)11-16(20-25(2,22)23)12-6-8-13(18)9-7-12/h3-10,16,20H,11H2,1-2H3,(H,19,21)/t16-/m0/s1. The molecule has 6 nitrogen and oxygen atoms in total. The van der Waals surface area contributed by atoms with Gasteiger partial charge in [0.05, 0.1) is 19.4 Å². The molecule has 0 unspecified atom stereocenters. The second-order valence-electron chi connectivity index (χ2n) is 5.48. The summed E-state index contributed by atoms with van der Waals surface area (Å²) < 4.78 is 43.7. The fourth-order valence-corrected chi connectivity index (χ4v) is 3.02. The first-order valence-corrected chi connectivity index (χ1v) is 9.32. The van der Waals surface area contributed by atoms with Crippen molar-refractivity contribution < 1.29 is 22.3 Å². The van der Waals surface area contributed by atoms with E-state index in [1.165, 1.54) is 31.4 Å². The molecule has 0 saturated heterocycles. The van der Waals surface area contributed by atoms with Crippen LogP contribution in [0.3, 0.4) is 0 Å². The summed E-state index contributed by atoms with van der Waals surface area (Å²) in [6.45, 7) is 0. The molecule has 134 valence electrons. The molecule has 2 aromatic rings. The Kier molecular flexibility index (Phi) is 6.11. The maximum atomic E-state index is 13.1. The quantitative estimate of drug-likeness (QED) is 0.788. The van der Waals surface area contributed by atoms with Gasteiger partial charge in [-0.3, -0.25) is 4.79 Å². The van der Waals surface area contributed by atoms with E-state index in [1.807, 2.05) is 0 Å². The molecule has 0 aliphatic carbocycles. The molecule has 0 aromatic heterocycles. The number of halogens is 1. The summed E-state index contributed by atoms with van der Waals surface area (Å²) in [7, 11) is -2.04. The molecule has 0 heterocycles. The Balaban J connectivity index is 2.14. The molecule has 2 rings (SSSR count). The van der Waals surface area contributed by atoms with E-state index in [4.69, 9.17) is 4.74 Å². The zero-order chi connectivity index (χ0) is 18.4. The number of sulfonamides is 1. The van der Waals surface area contributed by atoms with Gasteiger partial charge in [0.1, 0.15) is 11.6 Å². The Bertz CT molecular complexity index is 838. The second-order valence-corrected chi connectivity index (χ2v) is 7.26. The topological polar surface area (TPSA) is 84.5 Å². The Morgan fingerprint density at radius 2 is 1.88 bits per heavy atom. The first-order valence-electron chi connectivity index (χ1n) is 7.43. The lowest BCUT2D eigenvalue weighted by Crippen LogP contribution is -2.30. The number of carbonyl (C=O) groups is 1. The van der Waals surface area contributed by atoms with E-state index in [1.54, 1.807) is 24.3 Å². The Hall–Kier alpha value is -2.45. The third-order valence-corrected chi connectivity index (χ3v) is 4.08. The molecule has 0 radical (unpaired) electrons. The van der Waals surface area contributed by atoms with E-state index in [-0.39, 0.29) is 6.42 Å². The van der Waals surface area contributed by atoms with E-state index in [9.17, 15) is 17.6 Å². The highest BCUT2D eigenvalue weighted by Crippen LogP contribution is 2.21. The van der Waals surface area contributed by atoms with Crippen molar-refractivity contribution in [1.82, 2.24) is 4.72 Å². The molecule has 25 heavy (non-hydrogen) atoms. The van der Waals surface area contributed by atoms with Crippen molar-refractivity contribution >= 4 is 21.6 Å². The van der Waals surface area contributed by atoms with Gasteiger partial charge in [0, 0.05) is 18.2 Å². The average Bonchev–Trinajstić information content (AvgIpc) is 2.53. The predicted molar refractivity (Wildman–Crippen MR) is 93.4 cm³/mol. The first-order chi connectivity index (χ1) is 11.8. The third-order valence-electron chi connectivity index (χ3n) is 3.37. The Morgan fingerprint density at radius 1 is 1.20 bits per heavy atom. The number of hydrogen-bond donors (Lipinski definition) is 2. The highest BCUT2D eigenvalue weighted by atomic mass is 32.2. The van der Waals surface area contributed by atoms with Crippen molar-refractivity contribution in [2.75, 3.05) is 18.7 Å². The van der Waals surface area contributed by atoms with Crippen LogP contribution in [0.25, 0.3) is 0 Å². The van der Waals surface area contributed by atoms with Crippen molar-refractivity contribution in [2.24, 2.45) is 0 Å². The van der Waals surface area contributed by atoms with Crippen LogP contribution in [0, 0.1) is 5.82 Å². The van der Waals surface area contributed by atoms with Crippen LogP contribution in [0.5, 0.6) is 5.75 Å². The summed E-state index contributed by atoms with van der Waals surface area (Å²) in [6, 6.07) is 11.3. The van der Waals surface area contributed by atoms with Gasteiger partial charge in [0.15, 0.2) is 0 Å². The van der Waals surface area contributed by atoms with Gasteiger partial charge >= 0.3 is 0 Å². The van der Waals surface area contributed by atoms with Crippen LogP contribution in [0.2, 0.25) is 0 Å². The highest BCUT2D eigenvalue weighted by Gasteiger charge is 2.20. The number of hydrogen-bond acceptors (Lipinski definition) is 4. The predicted octanol–water partition coefficient (Wildman–Crippen LogP) is 2.45. The van der Waals surface area contributed by atoms with Crippen LogP contribution >= 0.6 is 0 Å². The van der Waals surface area contributed by atoms with E-state index < -0.39 is 27.8 Å². The molecule has 2 N–H and O–H groups in total. The van der Waals surface area contributed by atoms with Crippen LogP contribution in [0.4, 0.5) is 10.1 Å². The largest absolute Gasteiger partial charge is 0.497 e. The number of nitrogens with one attached hydrogen (secondary N) is 2. The van der Waals surface area contributed by atoms with Gasteiger partial charge < -0.3 is 10.1 Å². The van der Waals surface area contributed by atoms with E-state index in [0.717, 1.165) is 6.26 Å². The summed E-state index contributed by atoms with van der Waals surface area (Å²) in [5, 5.41) is 2.69. The number of ether oxygens (including phenoxy) is 1. The molecule has 8 heteroatoms. The molecule has 2 aromatic carbocycles. The summed E-state index contributed by atoms with van der Waals surface area (Å²) in [6.07, 6.45) is 0.861. The van der Waals surface area contributed by atoms with Gasteiger partial charge in [-0.2, -0.15) is 0 Å². The molecular weight excluding hydrogens is 347 g/mol. The number of anilines is 1. The van der Waals surface area contributed by atoms with Crippen molar-refractivity contribution in [2.45, 2.75) is 12.5 Å². The molecule has 1 atom stereocenters.